The quantitative estimate of drug-likeness (QED) is 0.819. The van der Waals surface area contributed by atoms with Crippen LogP contribution in [-0.2, 0) is 10.0 Å². The van der Waals surface area contributed by atoms with Crippen molar-refractivity contribution >= 4 is 15.7 Å². The van der Waals surface area contributed by atoms with Crippen LogP contribution in [0.25, 0.3) is 0 Å². The monoisotopic (exact) mass is 276 g/mol. The number of methoxy groups -OCH3 is 1. The first-order chi connectivity index (χ1) is 8.39. The molecule has 0 heterocycles. The molecule has 0 saturated heterocycles. The van der Waals surface area contributed by atoms with Gasteiger partial charge in [0.2, 0.25) is 10.0 Å². The van der Waals surface area contributed by atoms with Crippen LogP contribution in [0.15, 0.2) is 18.2 Å². The summed E-state index contributed by atoms with van der Waals surface area (Å²) in [5, 5.41) is 2.15. The van der Waals surface area contributed by atoms with Crippen molar-refractivity contribution in [1.82, 2.24) is 5.32 Å². The normalized spacial score (nSPS) is 13.1. The molecule has 0 saturated carbocycles. The van der Waals surface area contributed by atoms with E-state index >= 15 is 0 Å². The van der Waals surface area contributed by atoms with Crippen molar-refractivity contribution in [3.8, 4) is 5.75 Å². The summed E-state index contributed by atoms with van der Waals surface area (Å²) in [7, 11) is -0.502. The van der Waals surface area contributed by atoms with Crippen LogP contribution in [0.1, 0.15) is 6.92 Å². The highest BCUT2D eigenvalue weighted by molar-refractivity contribution is 7.93. The van der Waals surface area contributed by atoms with Crippen LogP contribution in [-0.4, -0.2) is 34.4 Å². The van der Waals surface area contributed by atoms with Gasteiger partial charge in [-0.2, -0.15) is 0 Å². The second kappa shape index (κ2) is 6.01. The third-order valence-corrected chi connectivity index (χ3v) is 4.13. The molecule has 1 unspecified atom stereocenters. The SMILES string of the molecule is CNCC(C)S(=O)(=O)Nc1cc(F)cc(OC)c1. The Balaban J connectivity index is 2.93. The molecule has 2 N–H and O–H groups in total. The maximum absolute atomic E-state index is 13.2. The highest BCUT2D eigenvalue weighted by atomic mass is 32.2. The van der Waals surface area contributed by atoms with Crippen LogP contribution >= 0.6 is 0 Å². The van der Waals surface area contributed by atoms with Crippen molar-refractivity contribution in [1.29, 1.82) is 0 Å². The molecule has 0 aliphatic rings. The molecular weight excluding hydrogens is 259 g/mol. The average molecular weight is 276 g/mol. The first-order valence-corrected chi connectivity index (χ1v) is 6.94. The maximum Gasteiger partial charge on any atom is 0.236 e. The summed E-state index contributed by atoms with van der Waals surface area (Å²) in [5.41, 5.74) is 0.148. The van der Waals surface area contributed by atoms with Crippen molar-refractivity contribution in [2.75, 3.05) is 25.4 Å². The summed E-state index contributed by atoms with van der Waals surface area (Å²) in [6, 6.07) is 3.70. The van der Waals surface area contributed by atoms with Crippen LogP contribution in [0.2, 0.25) is 0 Å². The molecule has 0 aromatic heterocycles. The molecule has 0 aliphatic heterocycles. The second-order valence-electron chi connectivity index (χ2n) is 3.90. The van der Waals surface area contributed by atoms with Gasteiger partial charge < -0.3 is 10.1 Å². The van der Waals surface area contributed by atoms with Crippen molar-refractivity contribution < 1.29 is 17.5 Å². The first-order valence-electron chi connectivity index (χ1n) is 5.40. The summed E-state index contributed by atoms with van der Waals surface area (Å²) in [5.74, 6) is -0.303. The minimum atomic E-state index is -3.55. The Morgan fingerprint density at radius 1 is 1.39 bits per heavy atom. The fourth-order valence-electron chi connectivity index (χ4n) is 1.40. The standard InChI is InChI=1S/C11H17FN2O3S/c1-8(7-13-2)18(15,16)14-10-4-9(12)5-11(6-10)17-3/h4-6,8,13-14H,7H2,1-3H3. The van der Waals surface area contributed by atoms with Crippen molar-refractivity contribution in [2.45, 2.75) is 12.2 Å². The van der Waals surface area contributed by atoms with Gasteiger partial charge in [0.05, 0.1) is 18.0 Å². The fraction of sp³-hybridized carbons (Fsp3) is 0.455. The van der Waals surface area contributed by atoms with Gasteiger partial charge in [-0.1, -0.05) is 0 Å². The minimum absolute atomic E-state index is 0.148. The Labute approximate surface area is 106 Å². The number of ether oxygens (including phenoxy) is 1. The summed E-state index contributed by atoms with van der Waals surface area (Å²) in [6.07, 6.45) is 0. The van der Waals surface area contributed by atoms with E-state index in [0.29, 0.717) is 6.54 Å². The topological polar surface area (TPSA) is 67.4 Å². The van der Waals surface area contributed by atoms with E-state index in [1.165, 1.54) is 19.2 Å². The molecule has 7 heteroatoms. The number of hydrogen-bond acceptors (Lipinski definition) is 4. The highest BCUT2D eigenvalue weighted by Gasteiger charge is 2.20. The summed E-state index contributed by atoms with van der Waals surface area (Å²) in [4.78, 5) is 0. The molecule has 1 atom stereocenters. The predicted molar refractivity (Wildman–Crippen MR) is 68.9 cm³/mol. The number of nitrogens with one attached hydrogen (secondary N) is 2. The molecule has 0 fully saturated rings. The van der Waals surface area contributed by atoms with E-state index < -0.39 is 21.1 Å². The van der Waals surface area contributed by atoms with Crippen LogP contribution in [0.4, 0.5) is 10.1 Å². The molecule has 0 bridgehead atoms. The number of benzene rings is 1. The van der Waals surface area contributed by atoms with Gasteiger partial charge in [0.15, 0.2) is 0 Å². The maximum atomic E-state index is 13.2. The zero-order valence-electron chi connectivity index (χ0n) is 10.5. The minimum Gasteiger partial charge on any atom is -0.497 e. The van der Waals surface area contributed by atoms with E-state index in [9.17, 15) is 12.8 Å². The second-order valence-corrected chi connectivity index (χ2v) is 5.99. The number of halogens is 1. The van der Waals surface area contributed by atoms with Crippen molar-refractivity contribution in [3.05, 3.63) is 24.0 Å². The van der Waals surface area contributed by atoms with Gasteiger partial charge in [0, 0.05) is 18.7 Å². The van der Waals surface area contributed by atoms with E-state index in [-0.39, 0.29) is 11.4 Å². The fourth-order valence-corrected chi connectivity index (χ4v) is 2.44. The molecule has 18 heavy (non-hydrogen) atoms. The molecule has 0 spiro atoms. The molecule has 0 radical (unpaired) electrons. The molecule has 102 valence electrons. The molecule has 0 amide bonds. The van der Waals surface area contributed by atoms with Crippen LogP contribution in [0.5, 0.6) is 5.75 Å². The Morgan fingerprint density at radius 2 is 2.06 bits per heavy atom. The average Bonchev–Trinajstić information content (AvgIpc) is 2.27. The Kier molecular flexibility index (Phi) is 4.92. The smallest absolute Gasteiger partial charge is 0.236 e. The van der Waals surface area contributed by atoms with Crippen molar-refractivity contribution in [2.24, 2.45) is 0 Å². The lowest BCUT2D eigenvalue weighted by molar-refractivity contribution is 0.411. The third-order valence-electron chi connectivity index (χ3n) is 2.39. The van der Waals surface area contributed by atoms with Gasteiger partial charge in [0.1, 0.15) is 11.6 Å². The van der Waals surface area contributed by atoms with Gasteiger partial charge in [-0.3, -0.25) is 4.72 Å². The van der Waals surface area contributed by atoms with Crippen LogP contribution < -0.4 is 14.8 Å². The molecule has 1 aromatic carbocycles. The zero-order chi connectivity index (χ0) is 13.8. The number of rotatable bonds is 6. The lowest BCUT2D eigenvalue weighted by Crippen LogP contribution is -2.33. The lowest BCUT2D eigenvalue weighted by Gasteiger charge is -2.14. The Hall–Kier alpha value is -1.34. The molecule has 0 aliphatic carbocycles. The summed E-state index contributed by atoms with van der Waals surface area (Å²) < 4.78 is 44.2. The number of hydrogen-bond donors (Lipinski definition) is 2. The highest BCUT2D eigenvalue weighted by Crippen LogP contribution is 2.21. The predicted octanol–water partition coefficient (Wildman–Crippen LogP) is 1.18. The van der Waals surface area contributed by atoms with Gasteiger partial charge in [-0.05, 0) is 20.0 Å². The lowest BCUT2D eigenvalue weighted by atomic mass is 10.3. The Morgan fingerprint density at radius 3 is 2.61 bits per heavy atom. The van der Waals surface area contributed by atoms with Gasteiger partial charge >= 0.3 is 0 Å². The van der Waals surface area contributed by atoms with E-state index in [0.717, 1.165) is 6.07 Å². The summed E-state index contributed by atoms with van der Waals surface area (Å²) >= 11 is 0. The Bertz CT molecular complexity index is 505. The van der Waals surface area contributed by atoms with Gasteiger partial charge in [0.25, 0.3) is 0 Å². The van der Waals surface area contributed by atoms with E-state index in [2.05, 4.69) is 10.0 Å². The van der Waals surface area contributed by atoms with Gasteiger partial charge in [-0.15, -0.1) is 0 Å². The molecule has 1 aromatic rings. The third kappa shape index (κ3) is 3.85. The van der Waals surface area contributed by atoms with E-state index in [4.69, 9.17) is 4.74 Å². The van der Waals surface area contributed by atoms with E-state index in [1.54, 1.807) is 14.0 Å². The molecule has 1 rings (SSSR count). The van der Waals surface area contributed by atoms with Crippen molar-refractivity contribution in [3.63, 3.8) is 0 Å². The largest absolute Gasteiger partial charge is 0.497 e. The zero-order valence-corrected chi connectivity index (χ0v) is 11.3. The first kappa shape index (κ1) is 14.7. The van der Waals surface area contributed by atoms with E-state index in [1.807, 2.05) is 0 Å². The molecule has 5 nitrogen and oxygen atoms in total. The molecular formula is C11H17FN2O3S. The van der Waals surface area contributed by atoms with Crippen LogP contribution in [0, 0.1) is 5.82 Å². The van der Waals surface area contributed by atoms with Gasteiger partial charge in [-0.25, -0.2) is 12.8 Å². The number of anilines is 1. The van der Waals surface area contributed by atoms with Crippen LogP contribution in [0.3, 0.4) is 0 Å². The summed E-state index contributed by atoms with van der Waals surface area (Å²) in [6.45, 7) is 1.87. The number of sulfonamides is 1.